The Labute approximate surface area is 176 Å². The number of nitrogens with zero attached hydrogens (tertiary/aromatic N) is 5. The zero-order valence-corrected chi connectivity index (χ0v) is 18.3. The fraction of sp³-hybridized carbons (Fsp3) is 0.722. The molecule has 1 aromatic heterocycles. The number of aromatic nitrogens is 2. The summed E-state index contributed by atoms with van der Waals surface area (Å²) < 4.78 is 6.64. The molecule has 0 unspecified atom stereocenters. The molecule has 0 aliphatic rings. The highest BCUT2D eigenvalue weighted by atomic mass is 16.6. The Balaban J connectivity index is 2.56. The Morgan fingerprint density at radius 3 is 2.27 bits per heavy atom. The average molecular weight is 428 g/mol. The lowest BCUT2D eigenvalue weighted by molar-refractivity contribution is -0.396. The molecule has 0 fully saturated rings. The van der Waals surface area contributed by atoms with E-state index in [9.17, 15) is 20.5 Å². The van der Waals surface area contributed by atoms with Crippen LogP contribution in [0.4, 0.5) is 5.95 Å². The van der Waals surface area contributed by atoms with Crippen LogP contribution in [0.5, 0.6) is 0 Å². The van der Waals surface area contributed by atoms with Crippen molar-refractivity contribution in [2.45, 2.75) is 58.7 Å². The highest BCUT2D eigenvalue weighted by Gasteiger charge is 2.29. The maximum atomic E-state index is 11.0. The van der Waals surface area contributed by atoms with Crippen LogP contribution in [0.15, 0.2) is 22.7 Å². The molecule has 0 bridgehead atoms. The fourth-order valence-corrected chi connectivity index (χ4v) is 2.74. The Bertz CT molecular complexity index is 743. The summed E-state index contributed by atoms with van der Waals surface area (Å²) in [6, 6.07) is 0. The number of hydrogen-bond donors (Lipinski definition) is 4. The molecule has 0 amide bonds. The highest BCUT2D eigenvalue weighted by Crippen LogP contribution is 2.13. The van der Waals surface area contributed by atoms with Crippen molar-refractivity contribution in [2.24, 2.45) is 10.3 Å². The van der Waals surface area contributed by atoms with Crippen LogP contribution >= 0.6 is 0 Å². The molecule has 0 aliphatic carbocycles. The van der Waals surface area contributed by atoms with Crippen molar-refractivity contribution in [1.82, 2.24) is 20.2 Å². The first-order valence-corrected chi connectivity index (χ1v) is 9.75. The minimum Gasteiger partial charge on any atom is -0.411 e. The van der Waals surface area contributed by atoms with Crippen LogP contribution in [0.2, 0.25) is 0 Å². The minimum atomic E-state index is -0.699. The lowest BCUT2D eigenvalue weighted by atomic mass is 9.97. The van der Waals surface area contributed by atoms with Gasteiger partial charge >= 0.3 is 5.95 Å². The summed E-state index contributed by atoms with van der Waals surface area (Å²) >= 11 is 0. The number of imidazole rings is 1. The van der Waals surface area contributed by atoms with E-state index in [0.29, 0.717) is 31.1 Å². The van der Waals surface area contributed by atoms with Gasteiger partial charge in [-0.3, -0.25) is 0 Å². The van der Waals surface area contributed by atoms with Gasteiger partial charge in [0.1, 0.15) is 30.4 Å². The zero-order valence-electron chi connectivity index (χ0n) is 18.3. The summed E-state index contributed by atoms with van der Waals surface area (Å²) in [5, 5.41) is 43.0. The van der Waals surface area contributed by atoms with E-state index < -0.39 is 16.0 Å². The first-order chi connectivity index (χ1) is 14.1. The first kappa shape index (κ1) is 25.5. The summed E-state index contributed by atoms with van der Waals surface area (Å²) in [5.41, 5.74) is -0.385. The predicted octanol–water partition coefficient (Wildman–Crippen LogP) is 1.61. The van der Waals surface area contributed by atoms with Gasteiger partial charge in [0.15, 0.2) is 0 Å². The van der Waals surface area contributed by atoms with Crippen LogP contribution in [0.25, 0.3) is 0 Å². The zero-order chi connectivity index (χ0) is 22.8. The summed E-state index contributed by atoms with van der Waals surface area (Å²) in [6.07, 6.45) is 3.54. The van der Waals surface area contributed by atoms with E-state index in [2.05, 4.69) is 25.9 Å². The average Bonchev–Trinajstić information content (AvgIpc) is 3.14. The van der Waals surface area contributed by atoms with Crippen molar-refractivity contribution in [2.75, 3.05) is 26.3 Å². The third-order valence-corrected chi connectivity index (χ3v) is 4.79. The van der Waals surface area contributed by atoms with Gasteiger partial charge in [0.05, 0.1) is 17.7 Å². The van der Waals surface area contributed by atoms with Gasteiger partial charge < -0.3 is 35.9 Å². The van der Waals surface area contributed by atoms with E-state index in [-0.39, 0.29) is 19.1 Å². The molecular formula is C18H33N7O5. The van der Waals surface area contributed by atoms with Gasteiger partial charge in [0.25, 0.3) is 0 Å². The Morgan fingerprint density at radius 2 is 1.77 bits per heavy atom. The predicted molar refractivity (Wildman–Crippen MR) is 113 cm³/mol. The van der Waals surface area contributed by atoms with E-state index in [1.54, 1.807) is 0 Å². The van der Waals surface area contributed by atoms with Crippen LogP contribution in [-0.2, 0) is 11.3 Å². The SMILES string of the molecule is CCOC/C(=N\O)C(C)(C)NCCCNC(C)(C)/C(Cn1ccnc1[N+](=O)[O-])=N/O. The number of oxime groups is 2. The first-order valence-electron chi connectivity index (χ1n) is 9.75. The molecule has 0 atom stereocenters. The largest absolute Gasteiger partial charge is 0.434 e. The van der Waals surface area contributed by atoms with Gasteiger partial charge in [-0.1, -0.05) is 15.3 Å². The van der Waals surface area contributed by atoms with Gasteiger partial charge in [-0.25, -0.2) is 4.57 Å². The second kappa shape index (κ2) is 11.6. The molecule has 1 heterocycles. The van der Waals surface area contributed by atoms with Gasteiger partial charge in [0, 0.05) is 6.61 Å². The molecule has 170 valence electrons. The summed E-state index contributed by atoms with van der Waals surface area (Å²) in [7, 11) is 0. The fourth-order valence-electron chi connectivity index (χ4n) is 2.74. The molecule has 0 aliphatic heterocycles. The van der Waals surface area contributed by atoms with E-state index in [0.717, 1.165) is 6.42 Å². The van der Waals surface area contributed by atoms with Gasteiger partial charge in [-0.05, 0) is 59.1 Å². The number of rotatable bonds is 14. The standard InChI is InChI=1S/C18H33N7O5/c1-6-30-13-15(23-27)18(4,5)21-9-7-8-20-17(2,3)14(22-26)12-24-11-10-19-16(24)25(28)29/h10-11,20-21,26-27H,6-9,12-13H2,1-5H3/b22-14+,23-15+. The molecular weight excluding hydrogens is 394 g/mol. The van der Waals surface area contributed by atoms with E-state index in [1.807, 2.05) is 34.6 Å². The molecule has 0 radical (unpaired) electrons. The molecule has 1 aromatic rings. The normalized spacial score (nSPS) is 13.6. The molecule has 12 nitrogen and oxygen atoms in total. The molecule has 1 rings (SSSR count). The number of nitro groups is 1. The van der Waals surface area contributed by atoms with E-state index in [4.69, 9.17) is 4.74 Å². The Hall–Kier alpha value is -2.57. The van der Waals surface area contributed by atoms with Crippen LogP contribution in [0.1, 0.15) is 41.0 Å². The topological polar surface area (TPSA) is 159 Å². The molecule has 0 aromatic carbocycles. The third-order valence-electron chi connectivity index (χ3n) is 4.79. The van der Waals surface area contributed by atoms with Crippen LogP contribution in [0.3, 0.4) is 0 Å². The van der Waals surface area contributed by atoms with Crippen molar-refractivity contribution in [3.8, 4) is 0 Å². The Morgan fingerprint density at radius 1 is 1.20 bits per heavy atom. The third kappa shape index (κ3) is 7.35. The van der Waals surface area contributed by atoms with Crippen molar-refractivity contribution in [3.05, 3.63) is 22.5 Å². The summed E-state index contributed by atoms with van der Waals surface area (Å²) in [4.78, 5) is 14.1. The number of nitrogens with one attached hydrogen (secondary N) is 2. The van der Waals surface area contributed by atoms with Crippen LogP contribution < -0.4 is 10.6 Å². The lowest BCUT2D eigenvalue weighted by Gasteiger charge is -2.29. The number of ether oxygens (including phenoxy) is 1. The van der Waals surface area contributed by atoms with Gasteiger partial charge in [-0.15, -0.1) is 0 Å². The maximum Gasteiger partial charge on any atom is 0.434 e. The number of hydrogen-bond acceptors (Lipinski definition) is 10. The maximum absolute atomic E-state index is 11.0. The van der Waals surface area contributed by atoms with Crippen LogP contribution in [-0.4, -0.2) is 73.7 Å². The molecule has 0 spiro atoms. The lowest BCUT2D eigenvalue weighted by Crippen LogP contribution is -2.51. The summed E-state index contributed by atoms with van der Waals surface area (Å²) in [6.45, 7) is 11.4. The van der Waals surface area contributed by atoms with E-state index >= 15 is 0 Å². The molecule has 0 saturated heterocycles. The van der Waals surface area contributed by atoms with Crippen molar-refractivity contribution in [1.29, 1.82) is 0 Å². The monoisotopic (exact) mass is 427 g/mol. The molecule has 30 heavy (non-hydrogen) atoms. The second-order valence-electron chi connectivity index (χ2n) is 7.80. The van der Waals surface area contributed by atoms with Crippen molar-refractivity contribution >= 4 is 17.4 Å². The molecule has 4 N–H and O–H groups in total. The van der Waals surface area contributed by atoms with Crippen molar-refractivity contribution in [3.63, 3.8) is 0 Å². The van der Waals surface area contributed by atoms with Gasteiger partial charge in [0.2, 0.25) is 0 Å². The van der Waals surface area contributed by atoms with Gasteiger partial charge in [-0.2, -0.15) is 0 Å². The summed E-state index contributed by atoms with van der Waals surface area (Å²) in [5.74, 6) is -0.313. The minimum absolute atomic E-state index is 0.0336. The Kier molecular flexibility index (Phi) is 9.82. The molecule has 0 saturated carbocycles. The van der Waals surface area contributed by atoms with E-state index in [1.165, 1.54) is 17.0 Å². The molecule has 12 heteroatoms. The highest BCUT2D eigenvalue weighted by molar-refractivity contribution is 5.93. The smallest absolute Gasteiger partial charge is 0.411 e. The quantitative estimate of drug-likeness (QED) is 0.115. The second-order valence-corrected chi connectivity index (χ2v) is 7.80. The van der Waals surface area contributed by atoms with Crippen LogP contribution in [0, 0.1) is 10.1 Å². The van der Waals surface area contributed by atoms with Crippen molar-refractivity contribution < 1.29 is 20.1 Å².